The molecule has 1 unspecified atom stereocenters. The van der Waals surface area contributed by atoms with E-state index in [1.165, 1.54) is 58.2 Å². The molecule has 16 heavy (non-hydrogen) atoms. The third-order valence-corrected chi connectivity index (χ3v) is 3.97. The molecule has 2 rings (SSSR count). The van der Waals surface area contributed by atoms with Gasteiger partial charge in [-0.05, 0) is 58.2 Å². The molecule has 1 fully saturated rings. The average Bonchev–Trinajstić information content (AvgIpc) is 2.38. The van der Waals surface area contributed by atoms with E-state index in [1.807, 2.05) is 0 Å². The van der Waals surface area contributed by atoms with Crippen LogP contribution in [0.15, 0.2) is 12.2 Å². The summed E-state index contributed by atoms with van der Waals surface area (Å²) in [5, 5.41) is 3.65. The number of rotatable bonds is 4. The molecular weight excluding hydrogens is 196 g/mol. The zero-order chi connectivity index (χ0) is 11.2. The highest BCUT2D eigenvalue weighted by atomic mass is 15.2. The fourth-order valence-electron chi connectivity index (χ4n) is 2.93. The molecule has 1 aliphatic carbocycles. The lowest BCUT2D eigenvalue weighted by molar-refractivity contribution is 0.135. The molecule has 2 heteroatoms. The van der Waals surface area contributed by atoms with Crippen molar-refractivity contribution < 1.29 is 0 Å². The molecule has 0 aromatic carbocycles. The highest BCUT2D eigenvalue weighted by Crippen LogP contribution is 2.21. The van der Waals surface area contributed by atoms with E-state index < -0.39 is 0 Å². The average molecular weight is 222 g/mol. The Bertz CT molecular complexity index is 217. The van der Waals surface area contributed by atoms with Crippen molar-refractivity contribution in [3.05, 3.63) is 12.2 Å². The minimum Gasteiger partial charge on any atom is -0.314 e. The largest absolute Gasteiger partial charge is 0.314 e. The fourth-order valence-corrected chi connectivity index (χ4v) is 2.93. The fraction of sp³-hybridized carbons (Fsp3) is 0.857. The number of hydrogen-bond acceptors (Lipinski definition) is 2. The summed E-state index contributed by atoms with van der Waals surface area (Å²) in [5.74, 6) is 0. The van der Waals surface area contributed by atoms with Gasteiger partial charge in [0.2, 0.25) is 0 Å². The number of likely N-dealkylation sites (tertiary alicyclic amines) is 1. The second-order valence-corrected chi connectivity index (χ2v) is 5.20. The van der Waals surface area contributed by atoms with Gasteiger partial charge in [-0.25, -0.2) is 0 Å². The maximum Gasteiger partial charge on any atom is 0.0133 e. The van der Waals surface area contributed by atoms with Gasteiger partial charge in [0.05, 0.1) is 0 Å². The molecular formula is C14H26N2. The van der Waals surface area contributed by atoms with E-state index in [0.29, 0.717) is 0 Å². The van der Waals surface area contributed by atoms with Crippen molar-refractivity contribution in [1.29, 1.82) is 0 Å². The summed E-state index contributed by atoms with van der Waals surface area (Å²) < 4.78 is 0. The van der Waals surface area contributed by atoms with Gasteiger partial charge in [-0.2, -0.15) is 0 Å². The smallest absolute Gasteiger partial charge is 0.0133 e. The summed E-state index contributed by atoms with van der Waals surface area (Å²) in [6, 6.07) is 1.63. The first kappa shape index (κ1) is 12.1. The van der Waals surface area contributed by atoms with Crippen LogP contribution < -0.4 is 5.32 Å². The molecule has 0 spiro atoms. The molecule has 1 heterocycles. The Kier molecular flexibility index (Phi) is 4.86. The van der Waals surface area contributed by atoms with E-state index in [1.54, 1.807) is 0 Å². The first-order valence-corrected chi connectivity index (χ1v) is 7.02. The summed E-state index contributed by atoms with van der Waals surface area (Å²) >= 11 is 0. The second kappa shape index (κ2) is 6.41. The molecule has 1 saturated heterocycles. The van der Waals surface area contributed by atoms with Gasteiger partial charge >= 0.3 is 0 Å². The van der Waals surface area contributed by atoms with Crippen molar-refractivity contribution in [2.24, 2.45) is 0 Å². The predicted octanol–water partition coefficient (Wildman–Crippen LogP) is 2.56. The van der Waals surface area contributed by atoms with E-state index >= 15 is 0 Å². The highest BCUT2D eigenvalue weighted by Gasteiger charge is 2.24. The van der Waals surface area contributed by atoms with Crippen molar-refractivity contribution in [3.8, 4) is 0 Å². The molecule has 0 aromatic rings. The van der Waals surface area contributed by atoms with Crippen LogP contribution in [0.5, 0.6) is 0 Å². The Morgan fingerprint density at radius 1 is 1.19 bits per heavy atom. The van der Waals surface area contributed by atoms with Crippen LogP contribution in [0.1, 0.15) is 45.4 Å². The predicted molar refractivity (Wildman–Crippen MR) is 69.7 cm³/mol. The third kappa shape index (κ3) is 3.33. The monoisotopic (exact) mass is 222 g/mol. The summed E-state index contributed by atoms with van der Waals surface area (Å²) in [4.78, 5) is 2.72. The summed E-state index contributed by atoms with van der Waals surface area (Å²) in [5.41, 5.74) is 0. The van der Waals surface area contributed by atoms with Crippen LogP contribution in [0, 0.1) is 0 Å². The molecule has 0 bridgehead atoms. The van der Waals surface area contributed by atoms with Crippen LogP contribution in [-0.2, 0) is 0 Å². The molecule has 2 aliphatic rings. The van der Waals surface area contributed by atoms with Gasteiger partial charge in [0.25, 0.3) is 0 Å². The lowest BCUT2D eigenvalue weighted by Crippen LogP contribution is -2.47. The number of hydrogen-bond donors (Lipinski definition) is 1. The molecule has 0 saturated carbocycles. The SMILES string of the molecule is CCCNC1CCN(C2CC=CCC2)CC1. The summed E-state index contributed by atoms with van der Waals surface area (Å²) in [6.07, 6.45) is 12.6. The first-order chi connectivity index (χ1) is 7.90. The highest BCUT2D eigenvalue weighted by molar-refractivity contribution is 4.95. The van der Waals surface area contributed by atoms with Gasteiger partial charge in [-0.3, -0.25) is 4.90 Å². The number of nitrogens with zero attached hydrogens (tertiary/aromatic N) is 1. The molecule has 0 amide bonds. The second-order valence-electron chi connectivity index (χ2n) is 5.20. The Morgan fingerprint density at radius 3 is 2.62 bits per heavy atom. The van der Waals surface area contributed by atoms with Gasteiger partial charge < -0.3 is 5.32 Å². The standard InChI is InChI=1S/C14H26N2/c1-2-10-15-13-8-11-16(12-9-13)14-6-4-3-5-7-14/h3-4,13-15H,2,5-12H2,1H3. The van der Waals surface area contributed by atoms with Crippen molar-refractivity contribution in [2.75, 3.05) is 19.6 Å². The van der Waals surface area contributed by atoms with Crippen LogP contribution in [0.4, 0.5) is 0 Å². The van der Waals surface area contributed by atoms with Crippen molar-refractivity contribution in [2.45, 2.75) is 57.5 Å². The zero-order valence-corrected chi connectivity index (χ0v) is 10.6. The quantitative estimate of drug-likeness (QED) is 0.735. The van der Waals surface area contributed by atoms with Gasteiger partial charge in [0.1, 0.15) is 0 Å². The molecule has 92 valence electrons. The number of allylic oxidation sites excluding steroid dienone is 1. The zero-order valence-electron chi connectivity index (χ0n) is 10.6. The maximum atomic E-state index is 3.65. The van der Waals surface area contributed by atoms with E-state index in [2.05, 4.69) is 29.3 Å². The van der Waals surface area contributed by atoms with Crippen LogP contribution in [0.3, 0.4) is 0 Å². The van der Waals surface area contributed by atoms with E-state index in [-0.39, 0.29) is 0 Å². The minimum absolute atomic E-state index is 0.787. The molecule has 1 aliphatic heterocycles. The first-order valence-electron chi connectivity index (χ1n) is 7.02. The van der Waals surface area contributed by atoms with Crippen LogP contribution >= 0.6 is 0 Å². The third-order valence-electron chi connectivity index (χ3n) is 3.97. The van der Waals surface area contributed by atoms with Gasteiger partial charge in [0.15, 0.2) is 0 Å². The lowest BCUT2D eigenvalue weighted by atomic mass is 9.96. The molecule has 1 N–H and O–H groups in total. The van der Waals surface area contributed by atoms with Crippen molar-refractivity contribution in [1.82, 2.24) is 10.2 Å². The summed E-state index contributed by atoms with van der Waals surface area (Å²) in [6.45, 7) is 6.05. The van der Waals surface area contributed by atoms with E-state index in [9.17, 15) is 0 Å². The molecule has 1 atom stereocenters. The maximum absolute atomic E-state index is 3.65. The van der Waals surface area contributed by atoms with Gasteiger partial charge in [0, 0.05) is 12.1 Å². The Morgan fingerprint density at radius 2 is 2.00 bits per heavy atom. The lowest BCUT2D eigenvalue weighted by Gasteiger charge is -2.38. The number of nitrogens with one attached hydrogen (secondary N) is 1. The van der Waals surface area contributed by atoms with Crippen LogP contribution in [0.2, 0.25) is 0 Å². The topological polar surface area (TPSA) is 15.3 Å². The summed E-state index contributed by atoms with van der Waals surface area (Å²) in [7, 11) is 0. The van der Waals surface area contributed by atoms with Gasteiger partial charge in [-0.15, -0.1) is 0 Å². The Labute approximate surface area is 100 Å². The normalized spacial score (nSPS) is 28.4. The van der Waals surface area contributed by atoms with Crippen LogP contribution in [0.25, 0.3) is 0 Å². The molecule has 2 nitrogen and oxygen atoms in total. The van der Waals surface area contributed by atoms with E-state index in [4.69, 9.17) is 0 Å². The van der Waals surface area contributed by atoms with Crippen LogP contribution in [-0.4, -0.2) is 36.6 Å². The molecule has 0 aromatic heterocycles. The number of piperidine rings is 1. The Balaban J connectivity index is 1.70. The van der Waals surface area contributed by atoms with E-state index in [0.717, 1.165) is 12.1 Å². The molecule has 0 radical (unpaired) electrons. The van der Waals surface area contributed by atoms with Crippen molar-refractivity contribution >= 4 is 0 Å². The van der Waals surface area contributed by atoms with Gasteiger partial charge in [-0.1, -0.05) is 19.1 Å². The minimum atomic E-state index is 0.787. The Hall–Kier alpha value is -0.340. The van der Waals surface area contributed by atoms with Crippen molar-refractivity contribution in [3.63, 3.8) is 0 Å².